The van der Waals surface area contributed by atoms with Crippen LogP contribution in [0, 0.1) is 0 Å². The van der Waals surface area contributed by atoms with Crippen LogP contribution in [-0.2, 0) is 16.5 Å². The molecule has 14 heavy (non-hydrogen) atoms. The molecule has 4 N–H and O–H groups in total. The van der Waals surface area contributed by atoms with Gasteiger partial charge in [0.05, 0.1) is 11.1 Å². The average Bonchev–Trinajstić information content (AvgIpc) is 2.04. The third-order valence-corrected chi connectivity index (χ3v) is 1.38. The molecule has 1 aromatic rings. The standard InChI is InChI=1S/C8H6O4.Ni.H2O/c9-7(10)5-1-2-6(4-3-5)8(11)12;;/h1-4H,(H,9,10)(H,11,12);;1H2. The minimum absolute atomic E-state index is 0. The summed E-state index contributed by atoms with van der Waals surface area (Å²) in [7, 11) is 0. The number of rotatable bonds is 2. The Balaban J connectivity index is 0. The van der Waals surface area contributed by atoms with E-state index in [0.29, 0.717) is 0 Å². The minimum Gasteiger partial charge on any atom is -0.478 e. The first kappa shape index (κ1) is 15.1. The molecular formula is C8H8NiO5. The van der Waals surface area contributed by atoms with E-state index in [1.807, 2.05) is 0 Å². The number of hydrogen-bond acceptors (Lipinski definition) is 2. The molecule has 5 nitrogen and oxygen atoms in total. The Labute approximate surface area is 89.6 Å². The van der Waals surface area contributed by atoms with E-state index in [2.05, 4.69) is 0 Å². The van der Waals surface area contributed by atoms with Gasteiger partial charge < -0.3 is 15.7 Å². The number of carbonyl (C=O) groups is 2. The summed E-state index contributed by atoms with van der Waals surface area (Å²) < 4.78 is 0. The van der Waals surface area contributed by atoms with E-state index in [0.717, 1.165) is 0 Å². The molecule has 0 aliphatic rings. The molecule has 0 aliphatic carbocycles. The molecule has 0 heterocycles. The van der Waals surface area contributed by atoms with Crippen molar-refractivity contribution >= 4 is 11.9 Å². The maximum Gasteiger partial charge on any atom is 0.335 e. The summed E-state index contributed by atoms with van der Waals surface area (Å²) in [5.41, 5.74) is 0.167. The fourth-order valence-corrected chi connectivity index (χ4v) is 0.755. The molecule has 0 aliphatic heterocycles. The van der Waals surface area contributed by atoms with E-state index in [4.69, 9.17) is 10.2 Å². The zero-order chi connectivity index (χ0) is 9.14. The largest absolute Gasteiger partial charge is 0.478 e. The molecule has 0 atom stereocenters. The van der Waals surface area contributed by atoms with Crippen LogP contribution in [0.15, 0.2) is 24.3 Å². The first-order valence-corrected chi connectivity index (χ1v) is 3.18. The molecule has 0 bridgehead atoms. The molecule has 0 spiro atoms. The first-order valence-electron chi connectivity index (χ1n) is 3.18. The van der Waals surface area contributed by atoms with Gasteiger partial charge in [-0.3, -0.25) is 0 Å². The Hall–Kier alpha value is -1.39. The van der Waals surface area contributed by atoms with Crippen molar-refractivity contribution in [2.75, 3.05) is 0 Å². The Bertz CT molecular complexity index is 286. The van der Waals surface area contributed by atoms with E-state index in [1.54, 1.807) is 0 Å². The second-order valence-corrected chi connectivity index (χ2v) is 2.19. The molecule has 0 aromatic heterocycles. The zero-order valence-corrected chi connectivity index (χ0v) is 7.82. The van der Waals surface area contributed by atoms with Crippen molar-refractivity contribution in [2.45, 2.75) is 0 Å². The zero-order valence-electron chi connectivity index (χ0n) is 6.84. The monoisotopic (exact) mass is 242 g/mol. The summed E-state index contributed by atoms with van der Waals surface area (Å²) in [5.74, 6) is -2.13. The molecule has 0 unspecified atom stereocenters. The van der Waals surface area contributed by atoms with Crippen molar-refractivity contribution in [3.05, 3.63) is 35.4 Å². The van der Waals surface area contributed by atoms with E-state index in [9.17, 15) is 9.59 Å². The van der Waals surface area contributed by atoms with Gasteiger partial charge in [0.25, 0.3) is 0 Å². The van der Waals surface area contributed by atoms with Crippen molar-refractivity contribution < 1.29 is 41.8 Å². The summed E-state index contributed by atoms with van der Waals surface area (Å²) in [4.78, 5) is 20.7. The molecular weight excluding hydrogens is 235 g/mol. The number of aromatic carboxylic acids is 2. The van der Waals surface area contributed by atoms with Gasteiger partial charge in [0, 0.05) is 16.5 Å². The number of hydrogen-bond donors (Lipinski definition) is 2. The quantitative estimate of drug-likeness (QED) is 0.726. The Kier molecular flexibility index (Phi) is 6.61. The van der Waals surface area contributed by atoms with Crippen molar-refractivity contribution in [3.8, 4) is 0 Å². The Morgan fingerprint density at radius 3 is 1.21 bits per heavy atom. The fourth-order valence-electron chi connectivity index (χ4n) is 0.755. The normalized spacial score (nSPS) is 8.00. The molecule has 1 rings (SSSR count). The summed E-state index contributed by atoms with van der Waals surface area (Å²) in [6.07, 6.45) is 0. The van der Waals surface area contributed by atoms with Crippen molar-refractivity contribution in [2.24, 2.45) is 0 Å². The van der Waals surface area contributed by atoms with Gasteiger partial charge in [-0.05, 0) is 24.3 Å². The number of carboxylic acid groups (broad SMARTS) is 2. The van der Waals surface area contributed by atoms with Crippen LogP contribution in [0.1, 0.15) is 20.7 Å². The summed E-state index contributed by atoms with van der Waals surface area (Å²) >= 11 is 0. The molecule has 0 radical (unpaired) electrons. The molecule has 80 valence electrons. The maximum absolute atomic E-state index is 10.3. The number of carboxylic acids is 2. The van der Waals surface area contributed by atoms with Gasteiger partial charge >= 0.3 is 11.9 Å². The topological polar surface area (TPSA) is 106 Å². The first-order chi connectivity index (χ1) is 5.61. The summed E-state index contributed by atoms with van der Waals surface area (Å²) in [6.45, 7) is 0. The third-order valence-electron chi connectivity index (χ3n) is 1.38. The molecule has 0 fully saturated rings. The molecule has 0 amide bonds. The minimum atomic E-state index is -1.06. The third kappa shape index (κ3) is 3.55. The van der Waals surface area contributed by atoms with Crippen LogP contribution in [-0.4, -0.2) is 27.6 Å². The second kappa shape index (κ2) is 6.13. The van der Waals surface area contributed by atoms with Crippen LogP contribution >= 0.6 is 0 Å². The van der Waals surface area contributed by atoms with Crippen LogP contribution in [0.25, 0.3) is 0 Å². The molecule has 1 aromatic carbocycles. The summed E-state index contributed by atoms with van der Waals surface area (Å²) in [6, 6.07) is 5.02. The smallest absolute Gasteiger partial charge is 0.335 e. The Morgan fingerprint density at radius 2 is 1.07 bits per heavy atom. The fraction of sp³-hybridized carbons (Fsp3) is 0. The average molecular weight is 243 g/mol. The predicted molar refractivity (Wildman–Crippen MR) is 44.0 cm³/mol. The van der Waals surface area contributed by atoms with Crippen molar-refractivity contribution in [1.82, 2.24) is 0 Å². The van der Waals surface area contributed by atoms with E-state index < -0.39 is 11.9 Å². The van der Waals surface area contributed by atoms with Gasteiger partial charge in [-0.2, -0.15) is 0 Å². The Morgan fingerprint density at radius 1 is 0.857 bits per heavy atom. The SMILES string of the molecule is O.O=C(O)c1ccc(C(=O)O)cc1.[Ni]. The molecule has 0 saturated heterocycles. The van der Waals surface area contributed by atoms with Crippen LogP contribution in [0.5, 0.6) is 0 Å². The number of benzene rings is 1. The van der Waals surface area contributed by atoms with Gasteiger partial charge in [-0.25, -0.2) is 9.59 Å². The van der Waals surface area contributed by atoms with Crippen LogP contribution in [0.3, 0.4) is 0 Å². The van der Waals surface area contributed by atoms with Crippen LogP contribution in [0.4, 0.5) is 0 Å². The van der Waals surface area contributed by atoms with Crippen LogP contribution < -0.4 is 0 Å². The summed E-state index contributed by atoms with van der Waals surface area (Å²) in [5, 5.41) is 16.9. The van der Waals surface area contributed by atoms with Crippen molar-refractivity contribution in [1.29, 1.82) is 0 Å². The molecule has 6 heteroatoms. The van der Waals surface area contributed by atoms with Crippen molar-refractivity contribution in [3.63, 3.8) is 0 Å². The second-order valence-electron chi connectivity index (χ2n) is 2.19. The predicted octanol–water partition coefficient (Wildman–Crippen LogP) is 0.256. The van der Waals surface area contributed by atoms with E-state index in [-0.39, 0.29) is 33.1 Å². The molecule has 0 saturated carbocycles. The van der Waals surface area contributed by atoms with Gasteiger partial charge in [0.15, 0.2) is 0 Å². The van der Waals surface area contributed by atoms with Gasteiger partial charge in [0.2, 0.25) is 0 Å². The van der Waals surface area contributed by atoms with Gasteiger partial charge in [0.1, 0.15) is 0 Å². The van der Waals surface area contributed by atoms with Crippen LogP contribution in [0.2, 0.25) is 0 Å². The maximum atomic E-state index is 10.3. The van der Waals surface area contributed by atoms with E-state index >= 15 is 0 Å². The van der Waals surface area contributed by atoms with Gasteiger partial charge in [-0.1, -0.05) is 0 Å². The van der Waals surface area contributed by atoms with Gasteiger partial charge in [-0.15, -0.1) is 0 Å². The van der Waals surface area contributed by atoms with E-state index in [1.165, 1.54) is 24.3 Å².